The number of amides is 1. The first kappa shape index (κ1) is 15.7. The van der Waals surface area contributed by atoms with Crippen molar-refractivity contribution in [2.45, 2.75) is 44.9 Å². The standard InChI is InChI=1S/C13H18F3N3O2/c1-8-6-10(4-5-18(8)12(20)21-3)19-9(2)7-11(17-19)13(14,15)16/h7-8,10H,4-6H2,1-3H3. The molecule has 0 bridgehead atoms. The second kappa shape index (κ2) is 5.57. The Morgan fingerprint density at radius 1 is 1.48 bits per heavy atom. The summed E-state index contributed by atoms with van der Waals surface area (Å²) < 4.78 is 44.2. The summed E-state index contributed by atoms with van der Waals surface area (Å²) in [5.41, 5.74) is -0.394. The number of nitrogens with zero attached hydrogens (tertiary/aromatic N) is 3. The predicted molar refractivity (Wildman–Crippen MR) is 68.8 cm³/mol. The van der Waals surface area contributed by atoms with Gasteiger partial charge in [-0.25, -0.2) is 4.79 Å². The van der Waals surface area contributed by atoms with Gasteiger partial charge in [-0.1, -0.05) is 0 Å². The monoisotopic (exact) mass is 305 g/mol. The molecule has 21 heavy (non-hydrogen) atoms. The quantitative estimate of drug-likeness (QED) is 0.801. The third-order valence-corrected chi connectivity index (χ3v) is 3.82. The van der Waals surface area contributed by atoms with Crippen LogP contribution in [0.25, 0.3) is 0 Å². The maximum Gasteiger partial charge on any atom is 0.435 e. The molecule has 1 aromatic rings. The highest BCUT2D eigenvalue weighted by Gasteiger charge is 2.36. The average molecular weight is 305 g/mol. The fourth-order valence-electron chi connectivity index (χ4n) is 2.75. The van der Waals surface area contributed by atoms with E-state index in [4.69, 9.17) is 0 Å². The molecule has 0 spiro atoms. The number of methoxy groups -OCH3 is 1. The molecule has 1 aromatic heterocycles. The highest BCUT2D eigenvalue weighted by Crippen LogP contribution is 2.32. The number of carbonyl (C=O) groups excluding carboxylic acids is 1. The van der Waals surface area contributed by atoms with Gasteiger partial charge < -0.3 is 9.64 Å². The normalized spacial score (nSPS) is 23.2. The van der Waals surface area contributed by atoms with Crippen LogP contribution in [0.15, 0.2) is 6.07 Å². The Morgan fingerprint density at radius 3 is 2.62 bits per heavy atom. The van der Waals surface area contributed by atoms with Crippen LogP contribution < -0.4 is 0 Å². The molecule has 0 aliphatic carbocycles. The van der Waals surface area contributed by atoms with Crippen LogP contribution in [-0.4, -0.2) is 40.5 Å². The molecule has 0 saturated carbocycles. The molecule has 2 atom stereocenters. The Kier molecular flexibility index (Phi) is 4.15. The molecule has 0 N–H and O–H groups in total. The van der Waals surface area contributed by atoms with Gasteiger partial charge in [-0.3, -0.25) is 4.68 Å². The zero-order valence-corrected chi connectivity index (χ0v) is 12.1. The minimum Gasteiger partial charge on any atom is -0.453 e. The number of hydrogen-bond donors (Lipinski definition) is 0. The molecular formula is C13H18F3N3O2. The van der Waals surface area contributed by atoms with E-state index in [2.05, 4.69) is 9.84 Å². The predicted octanol–water partition coefficient (Wildman–Crippen LogP) is 3.00. The van der Waals surface area contributed by atoms with Gasteiger partial charge in [-0.2, -0.15) is 18.3 Å². The largest absolute Gasteiger partial charge is 0.453 e. The Labute approximate surface area is 120 Å². The maximum absolute atomic E-state index is 12.7. The van der Waals surface area contributed by atoms with Crippen LogP contribution in [-0.2, 0) is 10.9 Å². The van der Waals surface area contributed by atoms with Crippen LogP contribution >= 0.6 is 0 Å². The first-order valence-corrected chi connectivity index (χ1v) is 6.72. The van der Waals surface area contributed by atoms with Crippen molar-refractivity contribution >= 4 is 6.09 Å². The lowest BCUT2D eigenvalue weighted by Crippen LogP contribution is -2.45. The SMILES string of the molecule is COC(=O)N1CCC(n2nc(C(F)(F)F)cc2C)CC1C. The van der Waals surface area contributed by atoms with Crippen molar-refractivity contribution in [2.24, 2.45) is 0 Å². The summed E-state index contributed by atoms with van der Waals surface area (Å²) in [4.78, 5) is 13.1. The molecule has 1 amide bonds. The van der Waals surface area contributed by atoms with E-state index < -0.39 is 18.0 Å². The first-order chi connectivity index (χ1) is 9.74. The van der Waals surface area contributed by atoms with Gasteiger partial charge >= 0.3 is 12.3 Å². The van der Waals surface area contributed by atoms with Gasteiger partial charge in [0.15, 0.2) is 5.69 Å². The molecule has 2 heterocycles. The third kappa shape index (κ3) is 3.14. The van der Waals surface area contributed by atoms with Crippen LogP contribution in [0.1, 0.15) is 37.2 Å². The minimum atomic E-state index is -4.44. The van der Waals surface area contributed by atoms with Gasteiger partial charge in [0.1, 0.15) is 0 Å². The van der Waals surface area contributed by atoms with E-state index in [9.17, 15) is 18.0 Å². The maximum atomic E-state index is 12.7. The molecule has 118 valence electrons. The number of halogens is 3. The van der Waals surface area contributed by atoms with Crippen LogP contribution in [0, 0.1) is 6.92 Å². The van der Waals surface area contributed by atoms with Gasteiger partial charge in [0.25, 0.3) is 0 Å². The molecule has 2 unspecified atom stereocenters. The van der Waals surface area contributed by atoms with Crippen molar-refractivity contribution in [2.75, 3.05) is 13.7 Å². The summed E-state index contributed by atoms with van der Waals surface area (Å²) in [6.45, 7) is 3.91. The zero-order valence-electron chi connectivity index (χ0n) is 12.1. The van der Waals surface area contributed by atoms with Gasteiger partial charge in [0, 0.05) is 18.3 Å². The van der Waals surface area contributed by atoms with E-state index in [1.165, 1.54) is 11.8 Å². The zero-order chi connectivity index (χ0) is 15.8. The molecule has 2 rings (SSSR count). The van der Waals surface area contributed by atoms with Crippen LogP contribution in [0.3, 0.4) is 0 Å². The fraction of sp³-hybridized carbons (Fsp3) is 0.692. The number of aryl methyl sites for hydroxylation is 1. The first-order valence-electron chi connectivity index (χ1n) is 6.72. The number of piperidine rings is 1. The summed E-state index contributed by atoms with van der Waals surface area (Å²) >= 11 is 0. The van der Waals surface area contributed by atoms with Crippen molar-refractivity contribution < 1.29 is 22.7 Å². The molecule has 5 nitrogen and oxygen atoms in total. The highest BCUT2D eigenvalue weighted by atomic mass is 19.4. The van der Waals surface area contributed by atoms with Crippen LogP contribution in [0.4, 0.5) is 18.0 Å². The van der Waals surface area contributed by atoms with E-state index in [1.807, 2.05) is 6.92 Å². The third-order valence-electron chi connectivity index (χ3n) is 3.82. The van der Waals surface area contributed by atoms with Crippen molar-refractivity contribution in [3.8, 4) is 0 Å². The molecule has 0 aromatic carbocycles. The average Bonchev–Trinajstić information content (AvgIpc) is 2.80. The molecule has 1 aliphatic rings. The summed E-state index contributed by atoms with van der Waals surface area (Å²) in [7, 11) is 1.31. The topological polar surface area (TPSA) is 47.4 Å². The lowest BCUT2D eigenvalue weighted by atomic mass is 9.99. The number of ether oxygens (including phenoxy) is 1. The van der Waals surface area contributed by atoms with Gasteiger partial charge in [-0.15, -0.1) is 0 Å². The summed E-state index contributed by atoms with van der Waals surface area (Å²) in [6.07, 6.45) is -3.74. The number of hydrogen-bond acceptors (Lipinski definition) is 3. The Bertz CT molecular complexity index is 527. The van der Waals surface area contributed by atoms with Gasteiger partial charge in [0.05, 0.1) is 13.2 Å². The molecule has 8 heteroatoms. The minimum absolute atomic E-state index is 0.103. The Hall–Kier alpha value is -1.73. The second-order valence-electron chi connectivity index (χ2n) is 5.30. The van der Waals surface area contributed by atoms with E-state index in [0.717, 1.165) is 6.07 Å². The van der Waals surface area contributed by atoms with Crippen molar-refractivity contribution in [1.29, 1.82) is 0 Å². The second-order valence-corrected chi connectivity index (χ2v) is 5.30. The lowest BCUT2D eigenvalue weighted by molar-refractivity contribution is -0.141. The van der Waals surface area contributed by atoms with Gasteiger partial charge in [0.2, 0.25) is 0 Å². The lowest BCUT2D eigenvalue weighted by Gasteiger charge is -2.37. The molecule has 1 aliphatic heterocycles. The number of carbonyl (C=O) groups is 1. The smallest absolute Gasteiger partial charge is 0.435 e. The summed E-state index contributed by atoms with van der Waals surface area (Å²) in [5, 5.41) is 3.69. The van der Waals surface area contributed by atoms with Crippen molar-refractivity contribution in [3.63, 3.8) is 0 Å². The van der Waals surface area contributed by atoms with Crippen molar-refractivity contribution in [3.05, 3.63) is 17.5 Å². The fourth-order valence-corrected chi connectivity index (χ4v) is 2.75. The Balaban J connectivity index is 2.15. The molecule has 1 fully saturated rings. The molecule has 1 saturated heterocycles. The van der Waals surface area contributed by atoms with E-state index >= 15 is 0 Å². The highest BCUT2D eigenvalue weighted by molar-refractivity contribution is 5.67. The number of likely N-dealkylation sites (tertiary alicyclic amines) is 1. The van der Waals surface area contributed by atoms with Crippen LogP contribution in [0.2, 0.25) is 0 Å². The number of aromatic nitrogens is 2. The van der Waals surface area contributed by atoms with E-state index in [0.29, 0.717) is 25.1 Å². The van der Waals surface area contributed by atoms with Crippen molar-refractivity contribution in [1.82, 2.24) is 14.7 Å². The molecular weight excluding hydrogens is 287 g/mol. The summed E-state index contributed by atoms with van der Waals surface area (Å²) in [5.74, 6) is 0. The van der Waals surface area contributed by atoms with E-state index in [1.54, 1.807) is 11.8 Å². The Morgan fingerprint density at radius 2 is 2.14 bits per heavy atom. The van der Waals surface area contributed by atoms with E-state index in [-0.39, 0.29) is 12.1 Å². The summed E-state index contributed by atoms with van der Waals surface area (Å²) in [6, 6.07) is 0.809. The van der Waals surface area contributed by atoms with Crippen LogP contribution in [0.5, 0.6) is 0 Å². The molecule has 0 radical (unpaired) electrons. The van der Waals surface area contributed by atoms with Gasteiger partial charge in [-0.05, 0) is 32.8 Å². The number of alkyl halides is 3. The number of rotatable bonds is 1.